The molecule has 2 rings (SSSR count). The second-order valence-electron chi connectivity index (χ2n) is 6.16. The predicted octanol–water partition coefficient (Wildman–Crippen LogP) is 3.44. The van der Waals surface area contributed by atoms with Gasteiger partial charge in [0.15, 0.2) is 0 Å². The number of nitrogens with zero attached hydrogens (tertiary/aromatic N) is 1. The molecule has 0 saturated carbocycles. The SMILES string of the molecule is CC(=O)Nc1cc(NC(C)=O)cc(C(=O)N(C)[C@@H](C)c2ccccc2)c1. The number of carbonyl (C=O) groups excluding carboxylic acids is 3. The van der Waals surface area contributed by atoms with Crippen LogP contribution in [0.5, 0.6) is 0 Å². The van der Waals surface area contributed by atoms with Gasteiger partial charge in [0.1, 0.15) is 0 Å². The highest BCUT2D eigenvalue weighted by Gasteiger charge is 2.20. The van der Waals surface area contributed by atoms with Gasteiger partial charge < -0.3 is 15.5 Å². The first kappa shape index (κ1) is 19.2. The third-order valence-electron chi connectivity index (χ3n) is 4.00. The van der Waals surface area contributed by atoms with Crippen LogP contribution in [0.3, 0.4) is 0 Å². The van der Waals surface area contributed by atoms with Gasteiger partial charge in [-0.2, -0.15) is 0 Å². The average molecular weight is 353 g/mol. The van der Waals surface area contributed by atoms with Gasteiger partial charge in [0.05, 0.1) is 6.04 Å². The Morgan fingerprint density at radius 2 is 1.38 bits per heavy atom. The van der Waals surface area contributed by atoms with Gasteiger partial charge in [-0.05, 0) is 30.7 Å². The molecule has 0 radical (unpaired) electrons. The maximum atomic E-state index is 12.9. The van der Waals surface area contributed by atoms with Crippen LogP contribution in [0.4, 0.5) is 11.4 Å². The zero-order valence-corrected chi connectivity index (χ0v) is 15.4. The molecule has 0 aliphatic carbocycles. The Hall–Kier alpha value is -3.15. The van der Waals surface area contributed by atoms with Crippen LogP contribution < -0.4 is 10.6 Å². The van der Waals surface area contributed by atoms with Crippen molar-refractivity contribution in [2.24, 2.45) is 0 Å². The van der Waals surface area contributed by atoms with Crippen LogP contribution >= 0.6 is 0 Å². The lowest BCUT2D eigenvalue weighted by Gasteiger charge is -2.26. The van der Waals surface area contributed by atoms with Crippen molar-refractivity contribution in [3.8, 4) is 0 Å². The molecule has 2 N–H and O–H groups in total. The molecule has 26 heavy (non-hydrogen) atoms. The van der Waals surface area contributed by atoms with E-state index in [1.165, 1.54) is 13.8 Å². The first-order valence-corrected chi connectivity index (χ1v) is 8.30. The number of hydrogen-bond donors (Lipinski definition) is 2. The normalized spacial score (nSPS) is 11.4. The van der Waals surface area contributed by atoms with Gasteiger partial charge in [0.25, 0.3) is 5.91 Å². The molecule has 2 aromatic carbocycles. The third-order valence-corrected chi connectivity index (χ3v) is 4.00. The lowest BCUT2D eigenvalue weighted by molar-refractivity contribution is -0.115. The molecule has 0 spiro atoms. The van der Waals surface area contributed by atoms with E-state index in [9.17, 15) is 14.4 Å². The van der Waals surface area contributed by atoms with E-state index in [4.69, 9.17) is 0 Å². The van der Waals surface area contributed by atoms with E-state index in [2.05, 4.69) is 10.6 Å². The van der Waals surface area contributed by atoms with Crippen LogP contribution in [0.1, 0.15) is 42.7 Å². The van der Waals surface area contributed by atoms with E-state index in [0.29, 0.717) is 16.9 Å². The van der Waals surface area contributed by atoms with Crippen molar-refractivity contribution >= 4 is 29.1 Å². The monoisotopic (exact) mass is 353 g/mol. The van der Waals surface area contributed by atoms with E-state index in [1.807, 2.05) is 37.3 Å². The molecule has 0 heterocycles. The second-order valence-corrected chi connectivity index (χ2v) is 6.16. The summed E-state index contributed by atoms with van der Waals surface area (Å²) in [5, 5.41) is 5.31. The Bertz CT molecular complexity index is 784. The van der Waals surface area contributed by atoms with Crippen LogP contribution in [0.2, 0.25) is 0 Å². The maximum Gasteiger partial charge on any atom is 0.254 e. The summed E-state index contributed by atoms with van der Waals surface area (Å²) < 4.78 is 0. The fraction of sp³-hybridized carbons (Fsp3) is 0.250. The molecule has 0 aliphatic rings. The summed E-state index contributed by atoms with van der Waals surface area (Å²) >= 11 is 0. The minimum absolute atomic E-state index is 0.127. The highest BCUT2D eigenvalue weighted by Crippen LogP contribution is 2.24. The van der Waals surface area contributed by atoms with E-state index in [0.717, 1.165) is 5.56 Å². The largest absolute Gasteiger partial charge is 0.335 e. The number of carbonyl (C=O) groups is 3. The molecule has 3 amide bonds. The van der Waals surface area contributed by atoms with E-state index >= 15 is 0 Å². The van der Waals surface area contributed by atoms with Gasteiger partial charge >= 0.3 is 0 Å². The molecule has 0 aliphatic heterocycles. The molecular weight excluding hydrogens is 330 g/mol. The average Bonchev–Trinajstić information content (AvgIpc) is 2.59. The quantitative estimate of drug-likeness (QED) is 0.864. The Kier molecular flexibility index (Phi) is 6.11. The number of nitrogens with one attached hydrogen (secondary N) is 2. The fourth-order valence-corrected chi connectivity index (χ4v) is 2.64. The molecule has 0 fully saturated rings. The van der Waals surface area contributed by atoms with Gasteiger partial charge in [-0.3, -0.25) is 14.4 Å². The van der Waals surface area contributed by atoms with Gasteiger partial charge in [-0.15, -0.1) is 0 Å². The zero-order chi connectivity index (χ0) is 19.3. The van der Waals surface area contributed by atoms with Crippen LogP contribution in [0.15, 0.2) is 48.5 Å². The Morgan fingerprint density at radius 3 is 1.85 bits per heavy atom. The van der Waals surface area contributed by atoms with Gasteiger partial charge in [0, 0.05) is 37.8 Å². The summed E-state index contributed by atoms with van der Waals surface area (Å²) in [6, 6.07) is 14.4. The van der Waals surface area contributed by atoms with Crippen molar-refractivity contribution in [3.63, 3.8) is 0 Å². The minimum Gasteiger partial charge on any atom is -0.335 e. The molecule has 1 atom stereocenters. The number of benzene rings is 2. The maximum absolute atomic E-state index is 12.9. The summed E-state index contributed by atoms with van der Waals surface area (Å²) in [5.74, 6) is -0.719. The van der Waals surface area contributed by atoms with E-state index < -0.39 is 0 Å². The summed E-state index contributed by atoms with van der Waals surface area (Å²) in [5.41, 5.74) is 2.30. The van der Waals surface area contributed by atoms with Crippen molar-refractivity contribution < 1.29 is 14.4 Å². The summed E-state index contributed by atoms with van der Waals surface area (Å²) in [7, 11) is 1.73. The van der Waals surface area contributed by atoms with Crippen molar-refractivity contribution in [1.82, 2.24) is 4.90 Å². The Labute approximate surface area is 153 Å². The standard InChI is InChI=1S/C20H23N3O3/c1-13(16-8-6-5-7-9-16)23(4)20(26)17-10-18(21-14(2)24)12-19(11-17)22-15(3)25/h5-13H,1-4H3,(H,21,24)(H,22,25)/t13-/m0/s1. The van der Waals surface area contributed by atoms with Crippen LogP contribution in [0, 0.1) is 0 Å². The first-order valence-electron chi connectivity index (χ1n) is 8.30. The van der Waals surface area contributed by atoms with Crippen LogP contribution in [-0.2, 0) is 9.59 Å². The predicted molar refractivity (Wildman–Crippen MR) is 102 cm³/mol. The first-order chi connectivity index (χ1) is 12.3. The lowest BCUT2D eigenvalue weighted by atomic mass is 10.1. The molecule has 0 saturated heterocycles. The highest BCUT2D eigenvalue weighted by atomic mass is 16.2. The molecular formula is C20H23N3O3. The smallest absolute Gasteiger partial charge is 0.254 e. The number of amides is 3. The molecule has 0 bridgehead atoms. The molecule has 136 valence electrons. The fourth-order valence-electron chi connectivity index (χ4n) is 2.64. The highest BCUT2D eigenvalue weighted by molar-refractivity contribution is 6.00. The summed E-state index contributed by atoms with van der Waals surface area (Å²) in [6.07, 6.45) is 0. The third kappa shape index (κ3) is 4.92. The Morgan fingerprint density at radius 1 is 0.885 bits per heavy atom. The van der Waals surface area contributed by atoms with Crippen molar-refractivity contribution in [1.29, 1.82) is 0 Å². The van der Waals surface area contributed by atoms with Crippen molar-refractivity contribution in [2.75, 3.05) is 17.7 Å². The molecule has 0 aromatic heterocycles. The van der Waals surface area contributed by atoms with Gasteiger partial charge in [-0.25, -0.2) is 0 Å². The van der Waals surface area contributed by atoms with E-state index in [1.54, 1.807) is 30.1 Å². The second kappa shape index (κ2) is 8.29. The molecule has 2 aromatic rings. The topological polar surface area (TPSA) is 78.5 Å². The van der Waals surface area contributed by atoms with Gasteiger partial charge in [-0.1, -0.05) is 30.3 Å². The van der Waals surface area contributed by atoms with Crippen LogP contribution in [0.25, 0.3) is 0 Å². The molecule has 0 unspecified atom stereocenters. The summed E-state index contributed by atoms with van der Waals surface area (Å²) in [6.45, 7) is 4.71. The molecule has 6 nitrogen and oxygen atoms in total. The Balaban J connectivity index is 2.33. The zero-order valence-electron chi connectivity index (χ0n) is 15.4. The molecule has 6 heteroatoms. The number of anilines is 2. The van der Waals surface area contributed by atoms with Crippen molar-refractivity contribution in [2.45, 2.75) is 26.8 Å². The van der Waals surface area contributed by atoms with Crippen molar-refractivity contribution in [3.05, 3.63) is 59.7 Å². The summed E-state index contributed by atoms with van der Waals surface area (Å²) in [4.78, 5) is 37.3. The number of hydrogen-bond acceptors (Lipinski definition) is 3. The number of rotatable bonds is 5. The van der Waals surface area contributed by atoms with Gasteiger partial charge in [0.2, 0.25) is 11.8 Å². The lowest BCUT2D eigenvalue weighted by Crippen LogP contribution is -2.29. The van der Waals surface area contributed by atoms with E-state index in [-0.39, 0.29) is 23.8 Å². The minimum atomic E-state index is -0.255. The van der Waals surface area contributed by atoms with Crippen LogP contribution in [-0.4, -0.2) is 29.7 Å².